The molecule has 1 aliphatic heterocycles. The topological polar surface area (TPSA) is 111 Å². The number of imidazole rings is 2. The Balaban J connectivity index is 1.59. The van der Waals surface area contributed by atoms with Crippen LogP contribution in [0, 0.1) is 13.8 Å². The number of Topliss-reactive ketones (excluding diaryl/α,β-unsaturated/α-hetero) is 1. The lowest BCUT2D eigenvalue weighted by molar-refractivity contribution is -0.139. The highest BCUT2D eigenvalue weighted by molar-refractivity contribution is 6.46. The number of fused-ring (bicyclic) bond motifs is 1. The number of benzene rings is 1. The summed E-state index contributed by atoms with van der Waals surface area (Å²) < 4.78 is 15.3. The van der Waals surface area contributed by atoms with E-state index in [1.807, 2.05) is 53.4 Å². The molecule has 0 aliphatic carbocycles. The molecule has 41 heavy (non-hydrogen) atoms. The third-order valence-electron chi connectivity index (χ3n) is 7.48. The minimum absolute atomic E-state index is 0.00324. The molecule has 1 atom stereocenters. The second kappa shape index (κ2) is 11.9. The van der Waals surface area contributed by atoms with Crippen LogP contribution < -0.4 is 9.47 Å². The first-order valence-electron chi connectivity index (χ1n) is 13.8. The maximum absolute atomic E-state index is 13.6. The molecule has 0 saturated carbocycles. The Morgan fingerprint density at radius 1 is 1.07 bits per heavy atom. The molecule has 4 heterocycles. The van der Waals surface area contributed by atoms with Crippen molar-refractivity contribution in [1.82, 2.24) is 23.8 Å². The van der Waals surface area contributed by atoms with E-state index in [9.17, 15) is 14.7 Å². The molecule has 0 radical (unpaired) electrons. The molecule has 0 bridgehead atoms. The van der Waals surface area contributed by atoms with E-state index in [2.05, 4.69) is 16.9 Å². The Bertz CT molecular complexity index is 1600. The maximum atomic E-state index is 13.6. The summed E-state index contributed by atoms with van der Waals surface area (Å²) in [5, 5.41) is 11.7. The first-order valence-corrected chi connectivity index (χ1v) is 13.8. The molecule has 1 unspecified atom stereocenters. The zero-order chi connectivity index (χ0) is 29.1. The monoisotopic (exact) mass is 557 g/mol. The van der Waals surface area contributed by atoms with E-state index in [1.165, 1.54) is 4.90 Å². The van der Waals surface area contributed by atoms with Crippen LogP contribution in [-0.2, 0) is 16.1 Å². The number of ketones is 1. The second-order valence-corrected chi connectivity index (χ2v) is 10.2. The molecule has 0 spiro atoms. The summed E-state index contributed by atoms with van der Waals surface area (Å²) in [5.74, 6) is -0.642. The van der Waals surface area contributed by atoms with Crippen LogP contribution >= 0.6 is 0 Å². The zero-order valence-corrected chi connectivity index (χ0v) is 23.8. The number of aromatic nitrogens is 4. The van der Waals surface area contributed by atoms with Gasteiger partial charge in [-0.1, -0.05) is 25.5 Å². The number of aliphatic hydroxyl groups excluding tert-OH is 1. The zero-order valence-electron chi connectivity index (χ0n) is 23.8. The standard InChI is InChI=1S/C31H35N5O5/c1-5-6-17-41-23-11-10-22(18-24(23)40-4)27-25(28(37)26-21(3)35-14-7-9-20(2)30(35)33-26)29(38)31(39)36(27)15-8-13-34-16-12-32-19-34/h7,9-12,14,16,18-19,27,37H,5-6,8,13,15,17H2,1-4H3/b28-25+. The summed E-state index contributed by atoms with van der Waals surface area (Å²) in [7, 11) is 1.55. The predicted octanol–water partition coefficient (Wildman–Crippen LogP) is 4.85. The third kappa shape index (κ3) is 5.29. The van der Waals surface area contributed by atoms with E-state index in [0.717, 1.165) is 18.4 Å². The van der Waals surface area contributed by atoms with Crippen LogP contribution in [0.5, 0.6) is 11.5 Å². The highest BCUT2D eigenvalue weighted by atomic mass is 16.5. The molecule has 1 N–H and O–H groups in total. The Kier molecular flexibility index (Phi) is 8.09. The number of carbonyl (C=O) groups is 2. The number of aryl methyl sites for hydroxylation is 3. The lowest BCUT2D eigenvalue weighted by Crippen LogP contribution is -2.31. The first-order chi connectivity index (χ1) is 19.8. The van der Waals surface area contributed by atoms with Crippen molar-refractivity contribution >= 4 is 23.1 Å². The summed E-state index contributed by atoms with van der Waals surface area (Å²) in [6, 6.07) is 8.38. The van der Waals surface area contributed by atoms with E-state index in [-0.39, 0.29) is 17.0 Å². The molecule has 1 saturated heterocycles. The van der Waals surface area contributed by atoms with Gasteiger partial charge < -0.3 is 28.4 Å². The highest BCUT2D eigenvalue weighted by Gasteiger charge is 2.46. The molecular formula is C31H35N5O5. The van der Waals surface area contributed by atoms with E-state index in [4.69, 9.17) is 9.47 Å². The van der Waals surface area contributed by atoms with Gasteiger partial charge in [0, 0.05) is 31.7 Å². The van der Waals surface area contributed by atoms with Crippen LogP contribution in [0.1, 0.15) is 54.7 Å². The van der Waals surface area contributed by atoms with Crippen LogP contribution in [0.25, 0.3) is 11.4 Å². The fourth-order valence-electron chi connectivity index (χ4n) is 5.27. The smallest absolute Gasteiger partial charge is 0.295 e. The number of ether oxygens (including phenoxy) is 2. The number of hydrogen-bond acceptors (Lipinski definition) is 7. The summed E-state index contributed by atoms with van der Waals surface area (Å²) in [5.41, 5.74) is 3.17. The molecule has 10 heteroatoms. The Labute approximate surface area is 238 Å². The minimum Gasteiger partial charge on any atom is -0.505 e. The largest absolute Gasteiger partial charge is 0.505 e. The SMILES string of the molecule is CCCCOc1ccc(C2/C(=C(\O)c3nc4c(C)cccn4c3C)C(=O)C(=O)N2CCCn2ccnc2)cc1OC. The van der Waals surface area contributed by atoms with E-state index in [1.54, 1.807) is 31.8 Å². The van der Waals surface area contributed by atoms with Crippen LogP contribution in [-0.4, -0.2) is 60.9 Å². The van der Waals surface area contributed by atoms with Gasteiger partial charge in [0.2, 0.25) is 0 Å². The van der Waals surface area contributed by atoms with Gasteiger partial charge in [-0.15, -0.1) is 0 Å². The van der Waals surface area contributed by atoms with Crippen LogP contribution in [0.15, 0.2) is 60.8 Å². The Morgan fingerprint density at radius 3 is 2.61 bits per heavy atom. The number of methoxy groups -OCH3 is 1. The summed E-state index contributed by atoms with van der Waals surface area (Å²) in [4.78, 5) is 37.3. The van der Waals surface area contributed by atoms with E-state index < -0.39 is 17.7 Å². The average molecular weight is 558 g/mol. The lowest BCUT2D eigenvalue weighted by Gasteiger charge is -2.26. The fourth-order valence-corrected chi connectivity index (χ4v) is 5.27. The average Bonchev–Trinajstić information content (AvgIpc) is 3.68. The minimum atomic E-state index is -0.832. The molecule has 1 amide bonds. The maximum Gasteiger partial charge on any atom is 0.295 e. The van der Waals surface area contributed by atoms with Crippen molar-refractivity contribution in [2.45, 2.75) is 52.6 Å². The molecule has 1 aliphatic rings. The first kappa shape index (κ1) is 27.9. The van der Waals surface area contributed by atoms with Gasteiger partial charge in [0.1, 0.15) is 11.3 Å². The lowest BCUT2D eigenvalue weighted by atomic mass is 9.96. The van der Waals surface area contributed by atoms with E-state index >= 15 is 0 Å². The number of hydrogen-bond donors (Lipinski definition) is 1. The molecule has 4 aromatic rings. The second-order valence-electron chi connectivity index (χ2n) is 10.2. The van der Waals surface area contributed by atoms with Crippen molar-refractivity contribution < 1.29 is 24.2 Å². The number of carbonyl (C=O) groups excluding carboxylic acids is 2. The van der Waals surface area contributed by atoms with Crippen molar-refractivity contribution in [2.24, 2.45) is 0 Å². The molecular weight excluding hydrogens is 522 g/mol. The molecule has 10 nitrogen and oxygen atoms in total. The van der Waals surface area contributed by atoms with Crippen LogP contribution in [0.2, 0.25) is 0 Å². The molecule has 214 valence electrons. The van der Waals surface area contributed by atoms with Gasteiger partial charge in [0.15, 0.2) is 17.3 Å². The van der Waals surface area contributed by atoms with Gasteiger partial charge in [-0.2, -0.15) is 0 Å². The number of likely N-dealkylation sites (tertiary alicyclic amines) is 1. The van der Waals surface area contributed by atoms with Gasteiger partial charge >= 0.3 is 0 Å². The molecule has 1 fully saturated rings. The van der Waals surface area contributed by atoms with Gasteiger partial charge in [-0.3, -0.25) is 9.59 Å². The molecule has 5 rings (SSSR count). The summed E-state index contributed by atoms with van der Waals surface area (Å²) in [6.45, 7) is 7.31. The normalized spacial score (nSPS) is 16.6. The Hall–Kier alpha value is -4.60. The summed E-state index contributed by atoms with van der Waals surface area (Å²) in [6.07, 6.45) is 9.60. The highest BCUT2D eigenvalue weighted by Crippen LogP contribution is 2.42. The van der Waals surface area contributed by atoms with E-state index in [0.29, 0.717) is 54.5 Å². The van der Waals surface area contributed by atoms with Crippen LogP contribution in [0.3, 0.4) is 0 Å². The van der Waals surface area contributed by atoms with Crippen molar-refractivity contribution in [1.29, 1.82) is 0 Å². The van der Waals surface area contributed by atoms with Gasteiger partial charge in [-0.05, 0) is 56.0 Å². The van der Waals surface area contributed by atoms with Crippen molar-refractivity contribution in [3.8, 4) is 11.5 Å². The number of rotatable bonds is 11. The number of pyridine rings is 1. The van der Waals surface area contributed by atoms with Crippen molar-refractivity contribution in [3.05, 3.63) is 83.3 Å². The predicted molar refractivity (Wildman–Crippen MR) is 154 cm³/mol. The van der Waals surface area contributed by atoms with Crippen molar-refractivity contribution in [3.63, 3.8) is 0 Å². The van der Waals surface area contributed by atoms with Gasteiger partial charge in [0.05, 0.1) is 37.4 Å². The fraction of sp³-hybridized carbons (Fsp3) is 0.355. The quantitative estimate of drug-likeness (QED) is 0.121. The van der Waals surface area contributed by atoms with Gasteiger partial charge in [-0.25, -0.2) is 9.97 Å². The molecule has 3 aromatic heterocycles. The molecule has 1 aromatic carbocycles. The summed E-state index contributed by atoms with van der Waals surface area (Å²) >= 11 is 0. The van der Waals surface area contributed by atoms with Crippen molar-refractivity contribution in [2.75, 3.05) is 20.3 Å². The third-order valence-corrected chi connectivity index (χ3v) is 7.48. The van der Waals surface area contributed by atoms with Crippen LogP contribution in [0.4, 0.5) is 0 Å². The Morgan fingerprint density at radius 2 is 1.90 bits per heavy atom. The number of nitrogens with zero attached hydrogens (tertiary/aromatic N) is 5. The van der Waals surface area contributed by atoms with Gasteiger partial charge in [0.25, 0.3) is 11.7 Å². The number of amides is 1. The number of aliphatic hydroxyl groups is 1. The number of unbranched alkanes of at least 4 members (excludes halogenated alkanes) is 1.